The molecular formula is C15H30O3. The summed E-state index contributed by atoms with van der Waals surface area (Å²) < 4.78 is 5.39. The molecule has 3 nitrogen and oxygen atoms in total. The third-order valence-corrected chi connectivity index (χ3v) is 3.78. The molecule has 0 aromatic rings. The highest BCUT2D eigenvalue weighted by atomic mass is 16.5. The summed E-state index contributed by atoms with van der Waals surface area (Å²) in [7, 11) is 1.76. The summed E-state index contributed by atoms with van der Waals surface area (Å²) in [6, 6.07) is 0. The molecule has 108 valence electrons. The first-order valence-corrected chi connectivity index (χ1v) is 6.86. The van der Waals surface area contributed by atoms with E-state index in [1.54, 1.807) is 7.11 Å². The first-order chi connectivity index (χ1) is 8.29. The van der Waals surface area contributed by atoms with E-state index in [4.69, 9.17) is 14.9 Å². The van der Waals surface area contributed by atoms with E-state index in [0.717, 1.165) is 24.8 Å². The number of methoxy groups -OCH3 is 1. The van der Waals surface area contributed by atoms with Crippen molar-refractivity contribution in [3.05, 3.63) is 11.6 Å². The summed E-state index contributed by atoms with van der Waals surface area (Å²) in [6.45, 7) is 8.55. The molecule has 0 aromatic carbocycles. The summed E-state index contributed by atoms with van der Waals surface area (Å²) >= 11 is 0. The van der Waals surface area contributed by atoms with E-state index in [0.29, 0.717) is 0 Å². The van der Waals surface area contributed by atoms with Crippen molar-refractivity contribution in [1.82, 2.24) is 0 Å². The lowest BCUT2D eigenvalue weighted by molar-refractivity contribution is 0.00160. The quantitative estimate of drug-likeness (QED) is 0.379. The smallest absolute Gasteiger partial charge is 0.171 e. The van der Waals surface area contributed by atoms with Crippen molar-refractivity contribution < 1.29 is 14.9 Å². The van der Waals surface area contributed by atoms with Crippen molar-refractivity contribution in [3.63, 3.8) is 0 Å². The zero-order valence-electron chi connectivity index (χ0n) is 12.6. The van der Waals surface area contributed by atoms with Gasteiger partial charge in [0.2, 0.25) is 0 Å². The van der Waals surface area contributed by atoms with Crippen LogP contribution in [0.3, 0.4) is 0 Å². The Morgan fingerprint density at radius 1 is 1.22 bits per heavy atom. The normalized spacial score (nSPS) is 15.2. The van der Waals surface area contributed by atoms with Crippen molar-refractivity contribution in [2.24, 2.45) is 5.41 Å². The number of aliphatic hydroxyl groups is 2. The summed E-state index contributed by atoms with van der Waals surface area (Å²) in [5, 5.41) is 17.6. The third kappa shape index (κ3) is 7.85. The first-order valence-electron chi connectivity index (χ1n) is 6.86. The molecule has 0 saturated carbocycles. The van der Waals surface area contributed by atoms with Gasteiger partial charge in [0, 0.05) is 7.11 Å². The van der Waals surface area contributed by atoms with Crippen LogP contribution in [0.2, 0.25) is 0 Å². The Hall–Kier alpha value is -0.380. The molecule has 18 heavy (non-hydrogen) atoms. The lowest BCUT2D eigenvalue weighted by atomic mass is 9.82. The number of hydrogen-bond acceptors (Lipinski definition) is 3. The molecule has 0 saturated heterocycles. The van der Waals surface area contributed by atoms with Crippen molar-refractivity contribution in [1.29, 1.82) is 0 Å². The molecule has 1 atom stereocenters. The molecule has 0 fully saturated rings. The number of ether oxygens (including phenoxy) is 1. The Balaban J connectivity index is 3.75. The van der Waals surface area contributed by atoms with Crippen LogP contribution in [0.1, 0.15) is 59.8 Å². The largest absolute Gasteiger partial charge is 0.381 e. The molecule has 0 aliphatic heterocycles. The SMILES string of the molecule is COC(C)C(C)(C)CCCCC/C(C)=C/C(O)O. The zero-order valence-corrected chi connectivity index (χ0v) is 12.6. The average Bonchev–Trinajstić information content (AvgIpc) is 2.26. The standard InChI is InChI=1S/C15H30O3/c1-12(11-14(16)17)9-7-6-8-10-15(3,4)13(2)18-5/h11,13-14,16-17H,6-10H2,1-5H3/b12-11+. The van der Waals surface area contributed by atoms with Crippen LogP contribution in [0.5, 0.6) is 0 Å². The number of hydrogen-bond donors (Lipinski definition) is 2. The number of allylic oxidation sites excluding steroid dienone is 1. The van der Waals surface area contributed by atoms with E-state index in [9.17, 15) is 0 Å². The van der Waals surface area contributed by atoms with Crippen molar-refractivity contribution in [2.75, 3.05) is 7.11 Å². The minimum absolute atomic E-state index is 0.223. The van der Waals surface area contributed by atoms with Crippen LogP contribution in [-0.2, 0) is 4.74 Å². The minimum Gasteiger partial charge on any atom is -0.381 e. The topological polar surface area (TPSA) is 49.7 Å². The highest BCUT2D eigenvalue weighted by Gasteiger charge is 2.24. The lowest BCUT2D eigenvalue weighted by Crippen LogP contribution is -2.28. The molecule has 0 rings (SSSR count). The predicted octanol–water partition coefficient (Wildman–Crippen LogP) is 3.26. The fraction of sp³-hybridized carbons (Fsp3) is 0.867. The van der Waals surface area contributed by atoms with Gasteiger partial charge in [-0.2, -0.15) is 0 Å². The molecule has 3 heteroatoms. The lowest BCUT2D eigenvalue weighted by Gasteiger charge is -2.30. The van der Waals surface area contributed by atoms with Crippen LogP contribution < -0.4 is 0 Å². The van der Waals surface area contributed by atoms with E-state index < -0.39 is 6.29 Å². The van der Waals surface area contributed by atoms with Crippen LogP contribution in [-0.4, -0.2) is 29.7 Å². The van der Waals surface area contributed by atoms with E-state index >= 15 is 0 Å². The maximum atomic E-state index is 8.79. The van der Waals surface area contributed by atoms with Crippen LogP contribution >= 0.6 is 0 Å². The Labute approximate surface area is 112 Å². The summed E-state index contributed by atoms with van der Waals surface area (Å²) in [4.78, 5) is 0. The predicted molar refractivity (Wildman–Crippen MR) is 75.3 cm³/mol. The number of aliphatic hydroxyl groups excluding tert-OH is 1. The summed E-state index contributed by atoms with van der Waals surface area (Å²) in [5.41, 5.74) is 1.27. The second kappa shape index (κ2) is 8.68. The van der Waals surface area contributed by atoms with Crippen LogP contribution in [0.25, 0.3) is 0 Å². The monoisotopic (exact) mass is 258 g/mol. The molecule has 1 unspecified atom stereocenters. The van der Waals surface area contributed by atoms with Gasteiger partial charge in [0.1, 0.15) is 0 Å². The van der Waals surface area contributed by atoms with Gasteiger partial charge in [-0.3, -0.25) is 0 Å². The third-order valence-electron chi connectivity index (χ3n) is 3.78. The molecular weight excluding hydrogens is 228 g/mol. The van der Waals surface area contributed by atoms with Gasteiger partial charge >= 0.3 is 0 Å². The van der Waals surface area contributed by atoms with Gasteiger partial charge in [-0.05, 0) is 44.6 Å². The molecule has 0 aliphatic carbocycles. The molecule has 0 radical (unpaired) electrons. The van der Waals surface area contributed by atoms with Crippen molar-refractivity contribution in [2.45, 2.75) is 72.2 Å². The zero-order chi connectivity index (χ0) is 14.2. The Kier molecular flexibility index (Phi) is 8.49. The van der Waals surface area contributed by atoms with Gasteiger partial charge in [-0.25, -0.2) is 0 Å². The van der Waals surface area contributed by atoms with Gasteiger partial charge in [-0.1, -0.05) is 32.3 Å². The summed E-state index contributed by atoms with van der Waals surface area (Å²) in [5.74, 6) is 0. The molecule has 0 aromatic heterocycles. The highest BCUT2D eigenvalue weighted by Crippen LogP contribution is 2.29. The van der Waals surface area contributed by atoms with Gasteiger partial charge in [0.05, 0.1) is 6.10 Å². The van der Waals surface area contributed by atoms with Crippen molar-refractivity contribution in [3.8, 4) is 0 Å². The fourth-order valence-electron chi connectivity index (χ4n) is 2.02. The maximum absolute atomic E-state index is 8.79. The van der Waals surface area contributed by atoms with Crippen LogP contribution in [0, 0.1) is 5.41 Å². The number of rotatable bonds is 9. The van der Waals surface area contributed by atoms with Crippen LogP contribution in [0.15, 0.2) is 11.6 Å². The molecule has 0 aliphatic rings. The van der Waals surface area contributed by atoms with E-state index in [2.05, 4.69) is 20.8 Å². The van der Waals surface area contributed by atoms with Crippen LogP contribution in [0.4, 0.5) is 0 Å². The molecule has 2 N–H and O–H groups in total. The number of unbranched alkanes of at least 4 members (excludes halogenated alkanes) is 2. The fourth-order valence-corrected chi connectivity index (χ4v) is 2.02. The second-order valence-corrected chi connectivity index (χ2v) is 5.85. The molecule has 0 spiro atoms. The van der Waals surface area contributed by atoms with Crippen molar-refractivity contribution >= 4 is 0 Å². The molecule has 0 amide bonds. The van der Waals surface area contributed by atoms with E-state index in [1.165, 1.54) is 18.9 Å². The Bertz CT molecular complexity index is 244. The Morgan fingerprint density at radius 2 is 1.83 bits per heavy atom. The van der Waals surface area contributed by atoms with Gasteiger partial charge in [0.15, 0.2) is 6.29 Å². The van der Waals surface area contributed by atoms with Gasteiger partial charge < -0.3 is 14.9 Å². The second-order valence-electron chi connectivity index (χ2n) is 5.85. The molecule has 0 heterocycles. The van der Waals surface area contributed by atoms with E-state index in [1.807, 2.05) is 6.92 Å². The molecule has 0 bridgehead atoms. The maximum Gasteiger partial charge on any atom is 0.171 e. The van der Waals surface area contributed by atoms with E-state index in [-0.39, 0.29) is 11.5 Å². The minimum atomic E-state index is -1.31. The average molecular weight is 258 g/mol. The Morgan fingerprint density at radius 3 is 2.33 bits per heavy atom. The summed E-state index contributed by atoms with van der Waals surface area (Å²) in [6.07, 6.45) is 6.03. The first kappa shape index (κ1) is 17.6. The van der Waals surface area contributed by atoms with Gasteiger partial charge in [-0.15, -0.1) is 0 Å². The highest BCUT2D eigenvalue weighted by molar-refractivity contribution is 4.98. The van der Waals surface area contributed by atoms with Gasteiger partial charge in [0.25, 0.3) is 0 Å².